The first kappa shape index (κ1) is 20.8. The fraction of sp³-hybridized carbons (Fsp3) is 0.0455. The molecule has 0 fully saturated rings. The third-order valence-electron chi connectivity index (χ3n) is 3.94. The van der Waals surface area contributed by atoms with E-state index in [2.05, 4.69) is 15.8 Å². The number of thiophene rings is 1. The van der Waals surface area contributed by atoms with Gasteiger partial charge in [0.05, 0.1) is 13.3 Å². The van der Waals surface area contributed by atoms with E-state index in [4.69, 9.17) is 4.74 Å². The number of hydrogen-bond donors (Lipinski definition) is 3. The molecule has 152 valence electrons. The summed E-state index contributed by atoms with van der Waals surface area (Å²) < 4.78 is 5.04. The van der Waals surface area contributed by atoms with Crippen LogP contribution >= 0.6 is 11.3 Å². The Labute approximate surface area is 177 Å². The van der Waals surface area contributed by atoms with Crippen LogP contribution in [0.2, 0.25) is 0 Å². The molecule has 7 nitrogen and oxygen atoms in total. The highest BCUT2D eigenvalue weighted by Gasteiger charge is 2.14. The maximum atomic E-state index is 12.6. The van der Waals surface area contributed by atoms with E-state index in [-0.39, 0.29) is 11.4 Å². The Hall–Kier alpha value is -3.91. The molecule has 2 amide bonds. The van der Waals surface area contributed by atoms with Gasteiger partial charge in [0.2, 0.25) is 0 Å². The van der Waals surface area contributed by atoms with E-state index in [9.17, 15) is 14.7 Å². The van der Waals surface area contributed by atoms with E-state index in [1.807, 2.05) is 17.5 Å². The van der Waals surface area contributed by atoms with Gasteiger partial charge < -0.3 is 15.2 Å². The molecule has 8 heteroatoms. The Balaban J connectivity index is 1.74. The number of hydrogen-bond acceptors (Lipinski definition) is 6. The van der Waals surface area contributed by atoms with Crippen LogP contribution in [0.1, 0.15) is 20.8 Å². The lowest BCUT2D eigenvalue weighted by Gasteiger charge is -2.09. The predicted octanol–water partition coefficient (Wildman–Crippen LogP) is 3.38. The average molecular weight is 421 g/mol. The summed E-state index contributed by atoms with van der Waals surface area (Å²) in [6, 6.07) is 16.9. The van der Waals surface area contributed by atoms with Crippen molar-refractivity contribution < 1.29 is 19.4 Å². The van der Waals surface area contributed by atoms with Crippen molar-refractivity contribution in [2.45, 2.75) is 0 Å². The maximum Gasteiger partial charge on any atom is 0.287 e. The molecular weight excluding hydrogens is 402 g/mol. The summed E-state index contributed by atoms with van der Waals surface area (Å²) in [6.45, 7) is 0. The summed E-state index contributed by atoms with van der Waals surface area (Å²) >= 11 is 1.43. The lowest BCUT2D eigenvalue weighted by molar-refractivity contribution is -0.117. The highest BCUT2D eigenvalue weighted by Crippen LogP contribution is 2.25. The first-order valence-electron chi connectivity index (χ1n) is 8.89. The molecule has 3 rings (SSSR count). The minimum absolute atomic E-state index is 0.00322. The van der Waals surface area contributed by atoms with Crippen LogP contribution in [-0.2, 0) is 4.79 Å². The molecule has 0 unspecified atom stereocenters. The number of methoxy groups -OCH3 is 1. The molecule has 0 aliphatic heterocycles. The minimum atomic E-state index is -0.574. The van der Waals surface area contributed by atoms with Crippen molar-refractivity contribution >= 4 is 35.4 Å². The smallest absolute Gasteiger partial charge is 0.287 e. The normalized spacial score (nSPS) is 11.3. The number of benzene rings is 2. The summed E-state index contributed by atoms with van der Waals surface area (Å²) in [6.07, 6.45) is 2.99. The first-order chi connectivity index (χ1) is 14.6. The number of carbonyl (C=O) groups excluding carboxylic acids is 2. The molecule has 30 heavy (non-hydrogen) atoms. The second-order valence-electron chi connectivity index (χ2n) is 6.02. The van der Waals surface area contributed by atoms with Gasteiger partial charge in [-0.3, -0.25) is 9.59 Å². The van der Waals surface area contributed by atoms with Gasteiger partial charge in [0.1, 0.15) is 5.70 Å². The number of rotatable bonds is 7. The molecule has 0 radical (unpaired) electrons. The predicted molar refractivity (Wildman–Crippen MR) is 117 cm³/mol. The molecule has 3 aromatic rings. The van der Waals surface area contributed by atoms with Gasteiger partial charge in [0, 0.05) is 10.4 Å². The SMILES string of the molecule is COc1cc(C=NNC(=O)C(=Cc2cccs2)NC(=O)c2ccccc2)ccc1O. The average Bonchev–Trinajstić information content (AvgIpc) is 3.28. The third kappa shape index (κ3) is 5.55. The zero-order chi connectivity index (χ0) is 21.3. The van der Waals surface area contributed by atoms with Gasteiger partial charge >= 0.3 is 0 Å². The summed E-state index contributed by atoms with van der Waals surface area (Å²) in [7, 11) is 1.44. The van der Waals surface area contributed by atoms with Crippen molar-refractivity contribution in [3.8, 4) is 11.5 Å². The van der Waals surface area contributed by atoms with Gasteiger partial charge in [-0.25, -0.2) is 5.43 Å². The molecule has 0 aliphatic rings. The van der Waals surface area contributed by atoms with Crippen LogP contribution in [0.4, 0.5) is 0 Å². The second kappa shape index (κ2) is 10.0. The largest absolute Gasteiger partial charge is 0.504 e. The van der Waals surface area contributed by atoms with Crippen LogP contribution in [-0.4, -0.2) is 30.2 Å². The summed E-state index contributed by atoms with van der Waals surface area (Å²) in [4.78, 5) is 25.9. The van der Waals surface area contributed by atoms with Gasteiger partial charge in [-0.2, -0.15) is 5.10 Å². The monoisotopic (exact) mass is 421 g/mol. The van der Waals surface area contributed by atoms with Crippen LogP contribution in [0.3, 0.4) is 0 Å². The quantitative estimate of drug-likeness (QED) is 0.309. The Morgan fingerprint density at radius 1 is 1.10 bits per heavy atom. The lowest BCUT2D eigenvalue weighted by atomic mass is 10.2. The number of ether oxygens (including phenoxy) is 1. The van der Waals surface area contributed by atoms with E-state index in [0.29, 0.717) is 16.9 Å². The Morgan fingerprint density at radius 2 is 1.90 bits per heavy atom. The minimum Gasteiger partial charge on any atom is -0.504 e. The van der Waals surface area contributed by atoms with E-state index in [1.165, 1.54) is 30.7 Å². The van der Waals surface area contributed by atoms with E-state index in [0.717, 1.165) is 4.88 Å². The van der Waals surface area contributed by atoms with E-state index >= 15 is 0 Å². The molecule has 0 atom stereocenters. The van der Waals surface area contributed by atoms with Gasteiger partial charge in [0.25, 0.3) is 11.8 Å². The fourth-order valence-electron chi connectivity index (χ4n) is 2.46. The number of amides is 2. The van der Waals surface area contributed by atoms with Crippen LogP contribution in [0.15, 0.2) is 76.8 Å². The van der Waals surface area contributed by atoms with E-state index < -0.39 is 11.8 Å². The summed E-state index contributed by atoms with van der Waals surface area (Å²) in [5.41, 5.74) is 3.51. The highest BCUT2D eigenvalue weighted by atomic mass is 32.1. The molecule has 0 saturated carbocycles. The molecule has 0 aliphatic carbocycles. The number of nitrogens with one attached hydrogen (secondary N) is 2. The molecule has 2 aromatic carbocycles. The third-order valence-corrected chi connectivity index (χ3v) is 4.76. The van der Waals surface area contributed by atoms with Gasteiger partial charge in [0.15, 0.2) is 11.5 Å². The number of nitrogens with zero attached hydrogens (tertiary/aromatic N) is 1. The Kier molecular flexibility index (Phi) is 6.96. The molecule has 0 spiro atoms. The van der Waals surface area contributed by atoms with Gasteiger partial charge in [-0.1, -0.05) is 24.3 Å². The number of phenolic OH excluding ortho intramolecular Hbond substituents is 1. The summed E-state index contributed by atoms with van der Waals surface area (Å²) in [5.74, 6) is -0.683. The van der Waals surface area contributed by atoms with Crippen LogP contribution < -0.4 is 15.5 Å². The fourth-order valence-corrected chi connectivity index (χ4v) is 3.12. The van der Waals surface area contributed by atoms with Crippen molar-refractivity contribution in [2.75, 3.05) is 7.11 Å². The zero-order valence-electron chi connectivity index (χ0n) is 16.0. The Bertz CT molecular complexity index is 1080. The maximum absolute atomic E-state index is 12.6. The van der Waals surface area contributed by atoms with E-state index in [1.54, 1.807) is 48.5 Å². The molecule has 0 saturated heterocycles. The van der Waals surface area contributed by atoms with Gasteiger partial charge in [-0.15, -0.1) is 11.3 Å². The first-order valence-corrected chi connectivity index (χ1v) is 9.77. The van der Waals surface area contributed by atoms with Crippen LogP contribution in [0, 0.1) is 0 Å². The topological polar surface area (TPSA) is 100 Å². The molecule has 3 N–H and O–H groups in total. The Morgan fingerprint density at radius 3 is 2.60 bits per heavy atom. The number of hydrazone groups is 1. The van der Waals surface area contributed by atoms with Crippen molar-refractivity contribution in [1.29, 1.82) is 0 Å². The molecule has 0 bridgehead atoms. The van der Waals surface area contributed by atoms with Crippen LogP contribution in [0.5, 0.6) is 11.5 Å². The molecular formula is C22H19N3O4S. The van der Waals surface area contributed by atoms with Crippen molar-refractivity contribution in [3.05, 3.63) is 87.7 Å². The van der Waals surface area contributed by atoms with Crippen molar-refractivity contribution in [3.63, 3.8) is 0 Å². The van der Waals surface area contributed by atoms with Gasteiger partial charge in [-0.05, 0) is 53.4 Å². The number of carbonyl (C=O) groups is 2. The lowest BCUT2D eigenvalue weighted by Crippen LogP contribution is -2.32. The highest BCUT2D eigenvalue weighted by molar-refractivity contribution is 7.10. The van der Waals surface area contributed by atoms with Crippen molar-refractivity contribution in [1.82, 2.24) is 10.7 Å². The second-order valence-corrected chi connectivity index (χ2v) is 7.00. The number of phenols is 1. The van der Waals surface area contributed by atoms with Crippen molar-refractivity contribution in [2.24, 2.45) is 5.10 Å². The number of aromatic hydroxyl groups is 1. The summed E-state index contributed by atoms with van der Waals surface area (Å²) in [5, 5.41) is 18.1. The van der Waals surface area contributed by atoms with Crippen LogP contribution in [0.25, 0.3) is 6.08 Å². The standard InChI is InChI=1S/C22H19N3O4S/c1-29-20-12-15(9-10-19(20)26)14-23-25-22(28)18(13-17-8-5-11-30-17)24-21(27)16-6-3-2-4-7-16/h2-14,26H,1H3,(H,24,27)(H,25,28). The molecule has 1 aromatic heterocycles. The zero-order valence-corrected chi connectivity index (χ0v) is 16.8. The molecule has 1 heterocycles.